The zero-order valence-electron chi connectivity index (χ0n) is 38.3. The van der Waals surface area contributed by atoms with Gasteiger partial charge in [0.25, 0.3) is 0 Å². The summed E-state index contributed by atoms with van der Waals surface area (Å²) in [6.07, 6.45) is 1.72. The number of carbonyl (C=O) groups is 2. The number of anilines is 2. The first-order valence-corrected chi connectivity index (χ1v) is 24.0. The van der Waals surface area contributed by atoms with Crippen LogP contribution < -0.4 is 14.8 Å². The summed E-state index contributed by atoms with van der Waals surface area (Å²) >= 11 is 0. The van der Waals surface area contributed by atoms with Crippen LogP contribution in [0, 0.1) is 11.6 Å². The van der Waals surface area contributed by atoms with E-state index in [2.05, 4.69) is 19.9 Å². The van der Waals surface area contributed by atoms with Crippen molar-refractivity contribution >= 4 is 93.8 Å². The van der Waals surface area contributed by atoms with Crippen molar-refractivity contribution in [1.82, 2.24) is 26.1 Å². The maximum absolute atomic E-state index is 13.5. The van der Waals surface area contributed by atoms with Gasteiger partial charge >= 0.3 is 49.7 Å². The summed E-state index contributed by atoms with van der Waals surface area (Å²) in [5.74, 6) is -3.74. The van der Waals surface area contributed by atoms with E-state index in [1.54, 1.807) is 0 Å². The second kappa shape index (κ2) is 27.0. The van der Waals surface area contributed by atoms with Gasteiger partial charge < -0.3 is 36.8 Å². The van der Waals surface area contributed by atoms with Crippen molar-refractivity contribution in [2.24, 2.45) is 0 Å². The molecule has 4 aromatic rings. The van der Waals surface area contributed by atoms with Gasteiger partial charge in [-0.05, 0) is 60.4 Å². The van der Waals surface area contributed by atoms with Crippen LogP contribution in [0.3, 0.4) is 0 Å². The number of sulfonamides is 2. The van der Waals surface area contributed by atoms with E-state index in [9.17, 15) is 55.6 Å². The van der Waals surface area contributed by atoms with Gasteiger partial charge in [0.05, 0.1) is 72.5 Å². The van der Waals surface area contributed by atoms with Crippen molar-refractivity contribution in [1.29, 1.82) is 0 Å². The topological polar surface area (TPSA) is 317 Å². The molecule has 0 aliphatic rings. The average molecular weight is 1020 g/mol. The Labute approximate surface area is 425 Å². The molecule has 4 atom stereocenters. The number of hydrogen-bond acceptors (Lipinski definition) is 15. The molecule has 9 N–H and O–H groups in total. The number of rotatable bonds is 20. The Morgan fingerprint density at radius 3 is 1.15 bits per heavy atom. The van der Waals surface area contributed by atoms with Crippen LogP contribution in [0.1, 0.15) is 87.7 Å². The molecule has 19 nitrogen and oxygen atoms in total. The Morgan fingerprint density at radius 1 is 0.603 bits per heavy atom. The predicted octanol–water partition coefficient (Wildman–Crippen LogP) is 4.05. The van der Waals surface area contributed by atoms with Crippen LogP contribution in [-0.4, -0.2) is 168 Å². The summed E-state index contributed by atoms with van der Waals surface area (Å²) in [4.78, 5) is 39.1. The molecule has 372 valence electrons. The Bertz CT molecular complexity index is 2430. The van der Waals surface area contributed by atoms with Gasteiger partial charge in [0.2, 0.25) is 31.9 Å². The van der Waals surface area contributed by atoms with E-state index >= 15 is 0 Å². The number of carboxylic acids is 2. The van der Waals surface area contributed by atoms with Crippen molar-refractivity contribution in [3.05, 3.63) is 94.8 Å². The van der Waals surface area contributed by atoms with Crippen LogP contribution in [0.15, 0.2) is 60.7 Å². The number of halogens is 2. The van der Waals surface area contributed by atoms with E-state index in [4.69, 9.17) is 10.2 Å². The number of aliphatic hydroxyl groups excluding tert-OH is 4. The van der Waals surface area contributed by atoms with E-state index < -0.39 is 80.9 Å². The summed E-state index contributed by atoms with van der Waals surface area (Å²) in [7, 11) is -4.65. The van der Waals surface area contributed by atoms with Gasteiger partial charge in [-0.25, -0.2) is 54.2 Å². The van der Waals surface area contributed by atoms with Gasteiger partial charge in [-0.3, -0.25) is 9.59 Å². The zero-order chi connectivity index (χ0) is 49.8. The number of aliphatic carboxylic acids is 2. The monoisotopic (exact) mass is 1020 g/mol. The van der Waals surface area contributed by atoms with Crippen LogP contribution in [0.2, 0.25) is 0 Å². The van der Waals surface area contributed by atoms with Crippen LogP contribution in [0.4, 0.5) is 20.7 Å². The Kier molecular flexibility index (Phi) is 24.4. The molecule has 0 aliphatic heterocycles. The first kappa shape index (κ1) is 61.5. The summed E-state index contributed by atoms with van der Waals surface area (Å²) in [6, 6.07) is 11.0. The fourth-order valence-corrected chi connectivity index (χ4v) is 6.85. The third-order valence-electron chi connectivity index (χ3n) is 9.63. The maximum atomic E-state index is 13.5. The van der Waals surface area contributed by atoms with Crippen LogP contribution >= 0.6 is 0 Å². The van der Waals surface area contributed by atoms with Gasteiger partial charge in [0, 0.05) is 49.2 Å². The minimum absolute atomic E-state index is 0. The molecule has 0 fully saturated rings. The second-order valence-corrected chi connectivity index (χ2v) is 20.0. The van der Waals surface area contributed by atoms with Crippen LogP contribution in [0.25, 0.3) is 34.7 Å². The number of aliphatic hydroxyl groups is 4. The SMILES string of the molecule is CC(C)c1nc(N(C)S(C)(=O)=O)nc(-c2ccc(F)cc2)c1C=C[C@@H](O)C[C@@H](O)CC(=O)O.CC(C)c1nc(N(C)S(C)(=O)=O)nc(-c2ccc(F)cc2)c1C=C[C@@H](O)C[C@@H](O)CC(=O)O.N.[CaH2]. The summed E-state index contributed by atoms with van der Waals surface area (Å²) < 4.78 is 77.2. The average Bonchev–Trinajstić information content (AvgIpc) is 3.20. The van der Waals surface area contributed by atoms with E-state index in [-0.39, 0.29) is 80.5 Å². The Hall–Kier alpha value is -4.56. The first-order chi connectivity index (χ1) is 30.6. The quantitative estimate of drug-likeness (QED) is 0.0614. The normalized spacial score (nSPS) is 13.5. The molecule has 4 rings (SSSR count). The standard InChI is InChI=1S/2C22H28FN3O6S.Ca.H3N.2H/c2*1-13(2)20-18(10-9-16(27)11-17(28)12-19(29)30)21(14-5-7-15(23)8-6-14)25-22(24-20)26(3)33(4,31)32;;;;/h2*5-10,13,16-17,27-28H,11-12H2,1-4H3,(H,29,30);;1H3;;/t2*16-,17-;;;;/m11..../s1. The first-order valence-electron chi connectivity index (χ1n) is 20.3. The molecule has 2 aromatic heterocycles. The van der Waals surface area contributed by atoms with E-state index in [1.165, 1.54) is 86.9 Å². The molecular weight excluding hydrogens is 961 g/mol. The molecule has 0 spiro atoms. The fourth-order valence-electron chi connectivity index (χ4n) is 6.09. The van der Waals surface area contributed by atoms with Crippen LogP contribution in [0.5, 0.6) is 0 Å². The van der Waals surface area contributed by atoms with Gasteiger partial charge in [-0.1, -0.05) is 52.0 Å². The number of aromatic nitrogens is 4. The third-order valence-corrected chi connectivity index (χ3v) is 11.9. The van der Waals surface area contributed by atoms with Crippen LogP contribution in [-0.2, 0) is 29.6 Å². The molecule has 0 unspecified atom stereocenters. The minimum atomic E-state index is -3.65. The van der Waals surface area contributed by atoms with E-state index in [0.717, 1.165) is 21.1 Å². The molecule has 2 heterocycles. The molecule has 68 heavy (non-hydrogen) atoms. The van der Waals surface area contributed by atoms with Crippen molar-refractivity contribution in [2.75, 3.05) is 35.2 Å². The molecule has 0 saturated heterocycles. The molecule has 0 aliphatic carbocycles. The number of benzene rings is 2. The Balaban J connectivity index is 0.000000661. The zero-order valence-corrected chi connectivity index (χ0v) is 39.9. The molecule has 0 bridgehead atoms. The van der Waals surface area contributed by atoms with Gasteiger partial charge in [-0.2, -0.15) is 0 Å². The van der Waals surface area contributed by atoms with E-state index in [1.807, 2.05) is 27.7 Å². The predicted molar refractivity (Wildman–Crippen MR) is 259 cm³/mol. The van der Waals surface area contributed by atoms with Gasteiger partial charge in [0.15, 0.2) is 0 Å². The summed E-state index contributed by atoms with van der Waals surface area (Å²) in [6.45, 7) is 7.41. The molecule has 0 saturated carbocycles. The van der Waals surface area contributed by atoms with Gasteiger partial charge in [0.1, 0.15) is 11.6 Å². The molecule has 2 aromatic carbocycles. The van der Waals surface area contributed by atoms with Crippen molar-refractivity contribution < 1.29 is 65.8 Å². The molecular formula is C44H61CaF2N7O12S2. The summed E-state index contributed by atoms with van der Waals surface area (Å²) in [5, 5.41) is 57.6. The van der Waals surface area contributed by atoms with E-state index in [0.29, 0.717) is 45.0 Å². The molecule has 0 amide bonds. The Morgan fingerprint density at radius 2 is 0.897 bits per heavy atom. The molecule has 0 radical (unpaired) electrons. The second-order valence-electron chi connectivity index (χ2n) is 16.0. The number of carboxylic acid groups (broad SMARTS) is 2. The third kappa shape index (κ3) is 18.7. The van der Waals surface area contributed by atoms with Crippen molar-refractivity contribution in [3.63, 3.8) is 0 Å². The van der Waals surface area contributed by atoms with Gasteiger partial charge in [-0.15, -0.1) is 0 Å². The van der Waals surface area contributed by atoms with Crippen molar-refractivity contribution in [3.8, 4) is 22.5 Å². The summed E-state index contributed by atoms with van der Waals surface area (Å²) in [5.41, 5.74) is 3.60. The number of hydrogen-bond donors (Lipinski definition) is 7. The van der Waals surface area contributed by atoms with Crippen molar-refractivity contribution in [2.45, 2.75) is 89.6 Å². The molecule has 24 heteroatoms. The number of nitrogens with zero attached hydrogens (tertiary/aromatic N) is 6. The fraction of sp³-hybridized carbons (Fsp3) is 0.409.